The summed E-state index contributed by atoms with van der Waals surface area (Å²) in [4.78, 5) is 17.9. The zero-order valence-corrected chi connectivity index (χ0v) is 5.89. The normalized spacial score (nSPS) is 10.3. The van der Waals surface area contributed by atoms with Crippen LogP contribution in [-0.2, 0) is 0 Å². The number of fused-ring (bicyclic) bond motifs is 1. The van der Waals surface area contributed by atoms with E-state index >= 15 is 0 Å². The number of aromatic carboxylic acids is 1. The first-order valence-corrected chi connectivity index (χ1v) is 3.20. The van der Waals surface area contributed by atoms with Gasteiger partial charge >= 0.3 is 5.97 Å². The summed E-state index contributed by atoms with van der Waals surface area (Å²) < 4.78 is 4.89. The van der Waals surface area contributed by atoms with E-state index in [1.54, 1.807) is 0 Å². The van der Waals surface area contributed by atoms with E-state index in [1.165, 1.54) is 12.3 Å². The highest BCUT2D eigenvalue weighted by Gasteiger charge is 2.11. The molecule has 5 heteroatoms. The lowest BCUT2D eigenvalue weighted by Gasteiger charge is -1.91. The predicted octanol–water partition coefficient (Wildman–Crippen LogP) is 0.921. The van der Waals surface area contributed by atoms with Crippen LogP contribution in [0.5, 0.6) is 0 Å². The summed E-state index contributed by atoms with van der Waals surface area (Å²) in [5.41, 5.74) is 0.260. The monoisotopic (exact) mass is 164 g/mol. The molecule has 2 aromatic rings. The largest absolute Gasteiger partial charge is 0.476 e. The molecule has 0 aliphatic carbocycles. The highest BCUT2D eigenvalue weighted by Crippen LogP contribution is 2.14. The van der Waals surface area contributed by atoms with Gasteiger partial charge in [-0.2, -0.15) is 0 Å². The number of rotatable bonds is 1. The lowest BCUT2D eigenvalue weighted by molar-refractivity contribution is 0.0692. The fourth-order valence-electron chi connectivity index (χ4n) is 0.960. The second-order valence-electron chi connectivity index (χ2n) is 2.17. The molecule has 0 saturated carbocycles. The fraction of sp³-hybridized carbons (Fsp3) is 0. The summed E-state index contributed by atoms with van der Waals surface area (Å²) in [5, 5.41) is 9.09. The number of hydrogen-bond donors (Lipinski definition) is 1. The molecule has 0 amide bonds. The van der Waals surface area contributed by atoms with Crippen LogP contribution in [0.2, 0.25) is 0 Å². The van der Waals surface area contributed by atoms with Gasteiger partial charge in [-0.15, -0.1) is 0 Å². The van der Waals surface area contributed by atoms with E-state index in [0.717, 1.165) is 6.33 Å². The summed E-state index contributed by atoms with van der Waals surface area (Å²) in [7, 11) is 0. The van der Waals surface area contributed by atoms with Gasteiger partial charge in [-0.3, -0.25) is 0 Å². The Kier molecular flexibility index (Phi) is 1.30. The van der Waals surface area contributed by atoms with Crippen molar-refractivity contribution in [2.75, 3.05) is 0 Å². The maximum Gasteiger partial charge on any atom is 0.355 e. The lowest BCUT2D eigenvalue weighted by Crippen LogP contribution is -2.00. The number of hydrogen-bond acceptors (Lipinski definition) is 4. The molecule has 2 rings (SSSR count). The molecule has 1 N–H and O–H groups in total. The Hall–Kier alpha value is -1.91. The molecule has 0 atom stereocenters. The molecule has 60 valence electrons. The molecule has 0 fully saturated rings. The Labute approximate surface area is 66.7 Å². The average Bonchev–Trinajstić information content (AvgIpc) is 2.49. The van der Waals surface area contributed by atoms with E-state index in [9.17, 15) is 4.79 Å². The van der Waals surface area contributed by atoms with E-state index in [2.05, 4.69) is 9.97 Å². The molecule has 2 aromatic heterocycles. The number of carbonyl (C=O) groups is 1. The summed E-state index contributed by atoms with van der Waals surface area (Å²) in [6, 6.07) is 1.53. The Morgan fingerprint density at radius 2 is 2.33 bits per heavy atom. The second kappa shape index (κ2) is 2.30. The topological polar surface area (TPSA) is 76.2 Å². The van der Waals surface area contributed by atoms with Crippen molar-refractivity contribution in [1.82, 2.24) is 9.97 Å². The van der Waals surface area contributed by atoms with Crippen LogP contribution < -0.4 is 0 Å². The molecule has 0 aliphatic rings. The maximum absolute atomic E-state index is 10.6. The Bertz CT molecular complexity index is 435. The van der Waals surface area contributed by atoms with Crippen LogP contribution in [0.25, 0.3) is 11.1 Å². The van der Waals surface area contributed by atoms with Crippen LogP contribution in [0.1, 0.15) is 10.5 Å². The summed E-state index contributed by atoms with van der Waals surface area (Å²) >= 11 is 0. The van der Waals surface area contributed by atoms with Gasteiger partial charge < -0.3 is 9.52 Å². The standard InChI is InChI=1S/C7H4N2O3/c10-7(11)5-4-1-2-12-6(4)9-3-8-5/h1-3H,(H,10,11). The summed E-state index contributed by atoms with van der Waals surface area (Å²) in [6.07, 6.45) is 2.54. The smallest absolute Gasteiger partial charge is 0.355 e. The van der Waals surface area contributed by atoms with Crippen molar-refractivity contribution >= 4 is 17.1 Å². The molecule has 0 radical (unpaired) electrons. The molecule has 12 heavy (non-hydrogen) atoms. The van der Waals surface area contributed by atoms with Gasteiger partial charge in [-0.05, 0) is 6.07 Å². The third-order valence-corrected chi connectivity index (χ3v) is 1.46. The number of carboxylic acids is 1. The van der Waals surface area contributed by atoms with Gasteiger partial charge in [0.2, 0.25) is 5.71 Å². The summed E-state index contributed by atoms with van der Waals surface area (Å²) in [5.74, 6) is -1.08. The van der Waals surface area contributed by atoms with E-state index < -0.39 is 5.97 Å². The van der Waals surface area contributed by atoms with Crippen LogP contribution in [0.3, 0.4) is 0 Å². The first-order chi connectivity index (χ1) is 5.79. The minimum absolute atomic E-state index is 0.0336. The third-order valence-electron chi connectivity index (χ3n) is 1.46. The van der Waals surface area contributed by atoms with Crippen molar-refractivity contribution in [1.29, 1.82) is 0 Å². The molecule has 0 bridgehead atoms. The van der Waals surface area contributed by atoms with Crippen molar-refractivity contribution in [2.45, 2.75) is 0 Å². The Morgan fingerprint density at radius 1 is 1.50 bits per heavy atom. The highest BCUT2D eigenvalue weighted by molar-refractivity contribution is 5.98. The molecule has 0 spiro atoms. The van der Waals surface area contributed by atoms with E-state index in [1.807, 2.05) is 0 Å². The molecule has 0 aromatic carbocycles. The van der Waals surface area contributed by atoms with Crippen molar-refractivity contribution in [3.8, 4) is 0 Å². The van der Waals surface area contributed by atoms with E-state index in [4.69, 9.17) is 9.52 Å². The number of carboxylic acid groups (broad SMARTS) is 1. The third kappa shape index (κ3) is 0.833. The predicted molar refractivity (Wildman–Crippen MR) is 38.8 cm³/mol. The molecule has 0 unspecified atom stereocenters. The average molecular weight is 164 g/mol. The number of aromatic nitrogens is 2. The molecule has 0 saturated heterocycles. The van der Waals surface area contributed by atoms with Crippen molar-refractivity contribution in [3.63, 3.8) is 0 Å². The van der Waals surface area contributed by atoms with E-state index in [0.29, 0.717) is 11.1 Å². The van der Waals surface area contributed by atoms with Crippen LogP contribution >= 0.6 is 0 Å². The van der Waals surface area contributed by atoms with Gasteiger partial charge in [-0.25, -0.2) is 14.8 Å². The Balaban J connectivity index is 2.82. The van der Waals surface area contributed by atoms with Crippen LogP contribution in [0.15, 0.2) is 23.1 Å². The van der Waals surface area contributed by atoms with Crippen molar-refractivity contribution < 1.29 is 14.3 Å². The minimum atomic E-state index is -1.08. The first-order valence-electron chi connectivity index (χ1n) is 3.20. The zero-order chi connectivity index (χ0) is 8.55. The second-order valence-corrected chi connectivity index (χ2v) is 2.17. The molecule has 5 nitrogen and oxygen atoms in total. The van der Waals surface area contributed by atoms with Crippen LogP contribution in [-0.4, -0.2) is 21.0 Å². The highest BCUT2D eigenvalue weighted by atomic mass is 16.4. The van der Waals surface area contributed by atoms with Crippen LogP contribution in [0, 0.1) is 0 Å². The number of nitrogens with zero attached hydrogens (tertiary/aromatic N) is 2. The maximum atomic E-state index is 10.6. The van der Waals surface area contributed by atoms with Gasteiger partial charge in [0.15, 0.2) is 5.69 Å². The number of furan rings is 1. The summed E-state index contributed by atoms with van der Waals surface area (Å²) in [6.45, 7) is 0. The minimum Gasteiger partial charge on any atom is -0.476 e. The van der Waals surface area contributed by atoms with Gasteiger partial charge in [0.25, 0.3) is 0 Å². The van der Waals surface area contributed by atoms with Gasteiger partial charge in [0.05, 0.1) is 11.6 Å². The van der Waals surface area contributed by atoms with Crippen LogP contribution in [0.4, 0.5) is 0 Å². The fourth-order valence-corrected chi connectivity index (χ4v) is 0.960. The molecular weight excluding hydrogens is 160 g/mol. The SMILES string of the molecule is O=C(O)c1ncnc2occc12. The zero-order valence-electron chi connectivity index (χ0n) is 5.89. The van der Waals surface area contributed by atoms with Gasteiger partial charge in [-0.1, -0.05) is 0 Å². The molecule has 0 aliphatic heterocycles. The quantitative estimate of drug-likeness (QED) is 0.678. The van der Waals surface area contributed by atoms with Crippen molar-refractivity contribution in [2.24, 2.45) is 0 Å². The van der Waals surface area contributed by atoms with Gasteiger partial charge in [0.1, 0.15) is 6.33 Å². The van der Waals surface area contributed by atoms with Gasteiger partial charge in [0, 0.05) is 0 Å². The molecule has 2 heterocycles. The van der Waals surface area contributed by atoms with E-state index in [-0.39, 0.29) is 5.69 Å². The first kappa shape index (κ1) is 6.78. The molecular formula is C7H4N2O3. The Morgan fingerprint density at radius 3 is 3.08 bits per heavy atom. The lowest BCUT2D eigenvalue weighted by atomic mass is 10.3. The van der Waals surface area contributed by atoms with Crippen molar-refractivity contribution in [3.05, 3.63) is 24.4 Å².